The van der Waals surface area contributed by atoms with Crippen LogP contribution in [0.4, 0.5) is 0 Å². The van der Waals surface area contributed by atoms with Gasteiger partial charge >= 0.3 is 5.97 Å². The maximum atomic E-state index is 11.0. The van der Waals surface area contributed by atoms with E-state index in [4.69, 9.17) is 5.11 Å². The average Bonchev–Trinajstić information content (AvgIpc) is 2.81. The van der Waals surface area contributed by atoms with Crippen molar-refractivity contribution in [2.75, 3.05) is 0 Å². The number of carboxylic acid groups (broad SMARTS) is 1. The summed E-state index contributed by atoms with van der Waals surface area (Å²) in [5.41, 5.74) is 4.11. The van der Waals surface area contributed by atoms with Gasteiger partial charge in [-0.3, -0.25) is 5.10 Å². The second-order valence-electron chi connectivity index (χ2n) is 4.02. The van der Waals surface area contributed by atoms with Crippen LogP contribution in [-0.2, 0) is 19.9 Å². The number of nitrogens with one attached hydrogen (secondary N) is 1. The Morgan fingerprint density at radius 1 is 1.56 bits per heavy atom. The number of aromatic nitrogens is 3. The van der Waals surface area contributed by atoms with Crippen LogP contribution in [0, 0.1) is 0 Å². The molecule has 0 radical (unpaired) electrons. The predicted octanol–water partition coefficient (Wildman–Crippen LogP) is 1.21. The van der Waals surface area contributed by atoms with E-state index < -0.39 is 5.97 Å². The molecule has 5 heteroatoms. The SMILES string of the molecule is Cn1ccc2c1CCc1c-2n[nH]c1C(=O)O. The van der Waals surface area contributed by atoms with Gasteiger partial charge in [0.05, 0.1) is 5.69 Å². The third kappa shape index (κ3) is 1.05. The first-order valence-corrected chi connectivity index (χ1v) is 5.13. The Labute approximate surface area is 91.7 Å². The molecule has 16 heavy (non-hydrogen) atoms. The number of fused-ring (bicyclic) bond motifs is 3. The number of rotatable bonds is 1. The summed E-state index contributed by atoms with van der Waals surface area (Å²) in [5, 5.41) is 15.7. The van der Waals surface area contributed by atoms with Crippen molar-refractivity contribution in [2.45, 2.75) is 12.8 Å². The van der Waals surface area contributed by atoms with Crippen LogP contribution in [0.2, 0.25) is 0 Å². The van der Waals surface area contributed by atoms with E-state index in [1.165, 1.54) is 5.69 Å². The van der Waals surface area contributed by atoms with Crippen molar-refractivity contribution < 1.29 is 9.90 Å². The largest absolute Gasteiger partial charge is 0.477 e. The van der Waals surface area contributed by atoms with Crippen LogP contribution in [0.15, 0.2) is 12.3 Å². The molecule has 0 atom stereocenters. The van der Waals surface area contributed by atoms with Crippen LogP contribution in [0.25, 0.3) is 11.3 Å². The Morgan fingerprint density at radius 2 is 2.38 bits per heavy atom. The lowest BCUT2D eigenvalue weighted by molar-refractivity contribution is 0.0689. The Bertz CT molecular complexity index is 580. The van der Waals surface area contributed by atoms with Crippen LogP contribution in [-0.4, -0.2) is 25.8 Å². The minimum Gasteiger partial charge on any atom is -0.477 e. The van der Waals surface area contributed by atoms with Crippen LogP contribution in [0.3, 0.4) is 0 Å². The van der Waals surface area contributed by atoms with Gasteiger partial charge in [-0.1, -0.05) is 0 Å². The van der Waals surface area contributed by atoms with Crippen molar-refractivity contribution in [2.24, 2.45) is 7.05 Å². The molecular weight excluding hydrogens is 206 g/mol. The van der Waals surface area contributed by atoms with Gasteiger partial charge < -0.3 is 9.67 Å². The molecule has 82 valence electrons. The van der Waals surface area contributed by atoms with E-state index in [0.29, 0.717) is 0 Å². The number of carbonyl (C=O) groups is 1. The molecule has 1 aliphatic carbocycles. The molecular formula is C11H11N3O2. The average molecular weight is 217 g/mol. The van der Waals surface area contributed by atoms with E-state index in [9.17, 15) is 4.79 Å². The fraction of sp³-hybridized carbons (Fsp3) is 0.273. The molecule has 2 aromatic heterocycles. The van der Waals surface area contributed by atoms with Crippen LogP contribution >= 0.6 is 0 Å². The van der Waals surface area contributed by atoms with Gasteiger partial charge in [0, 0.05) is 30.1 Å². The van der Waals surface area contributed by atoms with Crippen LogP contribution in [0.1, 0.15) is 21.7 Å². The lowest BCUT2D eigenvalue weighted by Gasteiger charge is -2.13. The topological polar surface area (TPSA) is 70.9 Å². The van der Waals surface area contributed by atoms with Gasteiger partial charge in [-0.15, -0.1) is 0 Å². The number of aromatic carboxylic acids is 1. The summed E-state index contributed by atoms with van der Waals surface area (Å²) >= 11 is 0. The summed E-state index contributed by atoms with van der Waals surface area (Å²) < 4.78 is 2.06. The number of carboxylic acids is 1. The molecule has 1 aliphatic rings. The van der Waals surface area contributed by atoms with E-state index in [-0.39, 0.29) is 5.69 Å². The molecule has 0 aromatic carbocycles. The fourth-order valence-electron chi connectivity index (χ4n) is 2.34. The van der Waals surface area contributed by atoms with E-state index >= 15 is 0 Å². The van der Waals surface area contributed by atoms with Crippen molar-refractivity contribution in [3.63, 3.8) is 0 Å². The zero-order valence-electron chi connectivity index (χ0n) is 8.82. The second-order valence-corrected chi connectivity index (χ2v) is 4.02. The minimum atomic E-state index is -0.937. The van der Waals surface area contributed by atoms with Crippen molar-refractivity contribution in [1.82, 2.24) is 14.8 Å². The van der Waals surface area contributed by atoms with Gasteiger partial charge in [-0.25, -0.2) is 4.79 Å². The van der Waals surface area contributed by atoms with Gasteiger partial charge in [-0.2, -0.15) is 5.10 Å². The minimum absolute atomic E-state index is 0.226. The molecule has 0 bridgehead atoms. The maximum absolute atomic E-state index is 11.0. The van der Waals surface area contributed by atoms with Crippen LogP contribution < -0.4 is 0 Å². The third-order valence-corrected chi connectivity index (χ3v) is 3.15. The van der Waals surface area contributed by atoms with Gasteiger partial charge in [0.1, 0.15) is 5.69 Å². The second kappa shape index (κ2) is 2.98. The monoisotopic (exact) mass is 217 g/mol. The molecule has 2 N–H and O–H groups in total. The molecule has 0 aliphatic heterocycles. The Hall–Kier alpha value is -2.04. The molecule has 0 unspecified atom stereocenters. The Morgan fingerprint density at radius 3 is 3.12 bits per heavy atom. The van der Waals surface area contributed by atoms with Crippen molar-refractivity contribution >= 4 is 5.97 Å². The van der Waals surface area contributed by atoms with E-state index in [1.54, 1.807) is 0 Å². The number of H-pyrrole nitrogens is 1. The quantitative estimate of drug-likeness (QED) is 0.754. The highest BCUT2D eigenvalue weighted by Gasteiger charge is 2.26. The molecule has 2 heterocycles. The molecule has 0 saturated heterocycles. The fourth-order valence-corrected chi connectivity index (χ4v) is 2.34. The van der Waals surface area contributed by atoms with Crippen LogP contribution in [0.5, 0.6) is 0 Å². The molecule has 3 rings (SSSR count). The summed E-state index contributed by atoms with van der Waals surface area (Å²) in [7, 11) is 1.99. The first-order valence-electron chi connectivity index (χ1n) is 5.13. The predicted molar refractivity (Wildman–Crippen MR) is 57.4 cm³/mol. The summed E-state index contributed by atoms with van der Waals surface area (Å²) in [4.78, 5) is 11.0. The summed E-state index contributed by atoms with van der Waals surface area (Å²) in [6.45, 7) is 0. The molecule has 0 saturated carbocycles. The highest BCUT2D eigenvalue weighted by molar-refractivity contribution is 5.90. The van der Waals surface area contributed by atoms with Crippen molar-refractivity contribution in [3.8, 4) is 11.3 Å². The summed E-state index contributed by atoms with van der Waals surface area (Å²) in [5.74, 6) is -0.937. The number of hydrogen-bond acceptors (Lipinski definition) is 2. The molecule has 0 fully saturated rings. The lowest BCUT2D eigenvalue weighted by Crippen LogP contribution is -2.09. The maximum Gasteiger partial charge on any atom is 0.354 e. The molecule has 0 amide bonds. The summed E-state index contributed by atoms with van der Waals surface area (Å²) in [6, 6.07) is 1.99. The van der Waals surface area contributed by atoms with E-state index in [1.807, 2.05) is 19.3 Å². The first-order chi connectivity index (χ1) is 7.68. The first kappa shape index (κ1) is 9.21. The van der Waals surface area contributed by atoms with Crippen molar-refractivity contribution in [3.05, 3.63) is 29.2 Å². The van der Waals surface area contributed by atoms with Gasteiger partial charge in [0.2, 0.25) is 0 Å². The highest BCUT2D eigenvalue weighted by Crippen LogP contribution is 2.33. The van der Waals surface area contributed by atoms with Gasteiger partial charge in [0.15, 0.2) is 0 Å². The number of hydrogen-bond donors (Lipinski definition) is 2. The molecule has 2 aromatic rings. The molecule has 0 spiro atoms. The summed E-state index contributed by atoms with van der Waals surface area (Å²) in [6.07, 6.45) is 3.58. The smallest absolute Gasteiger partial charge is 0.354 e. The number of aryl methyl sites for hydroxylation is 1. The standard InChI is InChI=1S/C11H11N3O2/c1-14-5-4-6-8(14)3-2-7-9(6)12-13-10(7)11(15)16/h4-5H,2-3H2,1H3,(H,12,13)(H,15,16). The molecule has 5 nitrogen and oxygen atoms in total. The zero-order valence-corrected chi connectivity index (χ0v) is 8.82. The Kier molecular flexibility index (Phi) is 1.71. The van der Waals surface area contributed by atoms with Gasteiger partial charge in [-0.05, 0) is 18.9 Å². The third-order valence-electron chi connectivity index (χ3n) is 3.15. The van der Waals surface area contributed by atoms with E-state index in [0.717, 1.165) is 29.7 Å². The van der Waals surface area contributed by atoms with Gasteiger partial charge in [0.25, 0.3) is 0 Å². The zero-order chi connectivity index (χ0) is 11.3. The lowest BCUT2D eigenvalue weighted by atomic mass is 9.94. The van der Waals surface area contributed by atoms with E-state index in [2.05, 4.69) is 14.8 Å². The highest BCUT2D eigenvalue weighted by atomic mass is 16.4. The number of aromatic amines is 1. The number of nitrogens with zero attached hydrogens (tertiary/aromatic N) is 2. The van der Waals surface area contributed by atoms with Crippen molar-refractivity contribution in [1.29, 1.82) is 0 Å². The Balaban J connectivity index is 2.23. The normalized spacial score (nSPS) is 13.3.